The SMILES string of the molecule is Cc1ccc2c(c1)CCc1ccccc1/C2=C/c1ccc(NS(C)(=O)=O)cc1. The second kappa shape index (κ2) is 7.28. The lowest BCUT2D eigenvalue weighted by atomic mass is 9.91. The van der Waals surface area contributed by atoms with Crippen molar-refractivity contribution in [3.05, 3.63) is 100 Å². The number of rotatable bonds is 3. The van der Waals surface area contributed by atoms with Gasteiger partial charge >= 0.3 is 0 Å². The fraction of sp³-hybridized carbons (Fsp3) is 0.167. The molecule has 1 aliphatic rings. The van der Waals surface area contributed by atoms with Crippen LogP contribution in [0.3, 0.4) is 0 Å². The molecule has 142 valence electrons. The summed E-state index contributed by atoms with van der Waals surface area (Å²) < 4.78 is 25.4. The summed E-state index contributed by atoms with van der Waals surface area (Å²) in [5.74, 6) is 0. The van der Waals surface area contributed by atoms with Crippen molar-refractivity contribution < 1.29 is 8.42 Å². The number of hydrogen-bond acceptors (Lipinski definition) is 2. The lowest BCUT2D eigenvalue weighted by Crippen LogP contribution is -2.09. The van der Waals surface area contributed by atoms with Gasteiger partial charge in [-0.3, -0.25) is 4.72 Å². The largest absolute Gasteiger partial charge is 0.284 e. The van der Waals surface area contributed by atoms with Gasteiger partial charge in [0, 0.05) is 5.69 Å². The van der Waals surface area contributed by atoms with Gasteiger partial charge in [0.1, 0.15) is 0 Å². The number of hydrogen-bond donors (Lipinski definition) is 1. The van der Waals surface area contributed by atoms with Crippen molar-refractivity contribution in [1.82, 2.24) is 0 Å². The molecule has 0 aromatic heterocycles. The van der Waals surface area contributed by atoms with Crippen molar-refractivity contribution in [2.75, 3.05) is 11.0 Å². The maximum absolute atomic E-state index is 11.4. The third-order valence-electron chi connectivity index (χ3n) is 5.05. The van der Waals surface area contributed by atoms with Crippen LogP contribution in [-0.2, 0) is 22.9 Å². The molecule has 1 aliphatic carbocycles. The van der Waals surface area contributed by atoms with Crippen LogP contribution in [0, 0.1) is 6.92 Å². The lowest BCUT2D eigenvalue weighted by molar-refractivity contribution is 0.607. The summed E-state index contributed by atoms with van der Waals surface area (Å²) >= 11 is 0. The number of nitrogens with one attached hydrogen (secondary N) is 1. The van der Waals surface area contributed by atoms with Gasteiger partial charge in [0.2, 0.25) is 10.0 Å². The van der Waals surface area contributed by atoms with Gasteiger partial charge in [-0.15, -0.1) is 0 Å². The minimum atomic E-state index is -3.27. The van der Waals surface area contributed by atoms with E-state index in [-0.39, 0.29) is 0 Å². The van der Waals surface area contributed by atoms with Crippen LogP contribution in [0.25, 0.3) is 11.6 Å². The van der Waals surface area contributed by atoms with Gasteiger partial charge in [0.15, 0.2) is 0 Å². The van der Waals surface area contributed by atoms with E-state index in [0.717, 1.165) is 24.7 Å². The van der Waals surface area contributed by atoms with E-state index in [2.05, 4.69) is 60.2 Å². The normalized spacial score (nSPS) is 14.9. The van der Waals surface area contributed by atoms with E-state index < -0.39 is 10.0 Å². The first kappa shape index (κ1) is 18.5. The van der Waals surface area contributed by atoms with Gasteiger partial charge in [0.05, 0.1) is 6.26 Å². The van der Waals surface area contributed by atoms with Crippen LogP contribution in [0.4, 0.5) is 5.69 Å². The van der Waals surface area contributed by atoms with Crippen molar-refractivity contribution in [2.24, 2.45) is 0 Å². The van der Waals surface area contributed by atoms with Crippen molar-refractivity contribution in [2.45, 2.75) is 19.8 Å². The van der Waals surface area contributed by atoms with Gasteiger partial charge in [-0.25, -0.2) is 8.42 Å². The average molecular weight is 390 g/mol. The molecule has 3 aromatic carbocycles. The molecule has 0 heterocycles. The highest BCUT2D eigenvalue weighted by molar-refractivity contribution is 7.92. The molecule has 1 N–H and O–H groups in total. The molecule has 0 unspecified atom stereocenters. The highest BCUT2D eigenvalue weighted by Crippen LogP contribution is 2.35. The molecule has 0 radical (unpaired) electrons. The van der Waals surface area contributed by atoms with Crippen LogP contribution >= 0.6 is 0 Å². The predicted molar refractivity (Wildman–Crippen MR) is 117 cm³/mol. The van der Waals surface area contributed by atoms with E-state index in [9.17, 15) is 8.42 Å². The summed E-state index contributed by atoms with van der Waals surface area (Å²) in [4.78, 5) is 0. The Morgan fingerprint density at radius 1 is 0.857 bits per heavy atom. The van der Waals surface area contributed by atoms with E-state index in [1.54, 1.807) is 12.1 Å². The summed E-state index contributed by atoms with van der Waals surface area (Å²) in [6.45, 7) is 2.13. The summed E-state index contributed by atoms with van der Waals surface area (Å²) in [5, 5.41) is 0. The zero-order valence-electron chi connectivity index (χ0n) is 16.1. The zero-order chi connectivity index (χ0) is 19.7. The monoisotopic (exact) mass is 389 g/mol. The minimum absolute atomic E-state index is 0.571. The fourth-order valence-corrected chi connectivity index (χ4v) is 4.36. The molecule has 4 rings (SSSR count). The van der Waals surface area contributed by atoms with E-state index >= 15 is 0 Å². The zero-order valence-corrected chi connectivity index (χ0v) is 16.9. The standard InChI is InChI=1S/C24H23NO2S/c1-17-7-14-23-20(15-17)11-10-19-5-3-4-6-22(19)24(23)16-18-8-12-21(13-9-18)25-28(2,26)27/h3-9,12-16,25H,10-11H2,1-2H3/b24-16-. The van der Waals surface area contributed by atoms with Crippen LogP contribution in [0.15, 0.2) is 66.7 Å². The number of fused-ring (bicyclic) bond motifs is 2. The molecule has 0 aliphatic heterocycles. The van der Waals surface area contributed by atoms with Crippen molar-refractivity contribution in [1.29, 1.82) is 0 Å². The Kier molecular flexibility index (Phi) is 4.82. The Hall–Kier alpha value is -2.85. The highest BCUT2D eigenvalue weighted by Gasteiger charge is 2.18. The lowest BCUT2D eigenvalue weighted by Gasteiger charge is -2.13. The first-order valence-electron chi connectivity index (χ1n) is 9.37. The van der Waals surface area contributed by atoms with Crippen molar-refractivity contribution >= 4 is 27.4 Å². The van der Waals surface area contributed by atoms with E-state index in [1.807, 2.05) is 12.1 Å². The summed E-state index contributed by atoms with van der Waals surface area (Å²) in [7, 11) is -3.27. The van der Waals surface area contributed by atoms with Gasteiger partial charge in [-0.05, 0) is 71.4 Å². The van der Waals surface area contributed by atoms with Gasteiger partial charge in [-0.1, -0.05) is 60.2 Å². The Morgan fingerprint density at radius 2 is 1.54 bits per heavy atom. The number of aryl methyl sites for hydroxylation is 3. The van der Waals surface area contributed by atoms with E-state index in [0.29, 0.717) is 5.69 Å². The average Bonchev–Trinajstić information content (AvgIpc) is 2.79. The molecule has 0 bridgehead atoms. The molecule has 0 fully saturated rings. The topological polar surface area (TPSA) is 46.2 Å². The Balaban J connectivity index is 1.82. The van der Waals surface area contributed by atoms with Crippen LogP contribution in [0.5, 0.6) is 0 Å². The maximum Gasteiger partial charge on any atom is 0.229 e. The van der Waals surface area contributed by atoms with Crippen LogP contribution in [0.1, 0.15) is 33.4 Å². The molecule has 0 spiro atoms. The fourth-order valence-electron chi connectivity index (χ4n) is 3.79. The second-order valence-corrected chi connectivity index (χ2v) is 9.12. The van der Waals surface area contributed by atoms with E-state index in [4.69, 9.17) is 0 Å². The van der Waals surface area contributed by atoms with Gasteiger partial charge < -0.3 is 0 Å². The van der Waals surface area contributed by atoms with Crippen LogP contribution in [-0.4, -0.2) is 14.7 Å². The molecule has 28 heavy (non-hydrogen) atoms. The Labute approximate surface area is 166 Å². The van der Waals surface area contributed by atoms with Gasteiger partial charge in [0.25, 0.3) is 0 Å². The summed E-state index contributed by atoms with van der Waals surface area (Å²) in [6.07, 6.45) is 5.41. The first-order valence-corrected chi connectivity index (χ1v) is 11.3. The van der Waals surface area contributed by atoms with E-state index in [1.165, 1.54) is 33.4 Å². The summed E-state index contributed by atoms with van der Waals surface area (Å²) in [6, 6.07) is 22.7. The minimum Gasteiger partial charge on any atom is -0.284 e. The van der Waals surface area contributed by atoms with Crippen molar-refractivity contribution in [3.63, 3.8) is 0 Å². The van der Waals surface area contributed by atoms with Crippen LogP contribution in [0.2, 0.25) is 0 Å². The number of sulfonamides is 1. The van der Waals surface area contributed by atoms with Crippen LogP contribution < -0.4 is 4.72 Å². The second-order valence-electron chi connectivity index (χ2n) is 7.37. The summed E-state index contributed by atoms with van der Waals surface area (Å²) in [5.41, 5.74) is 9.37. The molecular weight excluding hydrogens is 366 g/mol. The quantitative estimate of drug-likeness (QED) is 0.681. The smallest absolute Gasteiger partial charge is 0.229 e. The molecule has 3 aromatic rings. The molecule has 0 saturated heterocycles. The maximum atomic E-state index is 11.4. The number of benzene rings is 3. The Bertz CT molecular complexity index is 1160. The Morgan fingerprint density at radius 3 is 2.29 bits per heavy atom. The predicted octanol–water partition coefficient (Wildman–Crippen LogP) is 5.05. The first-order chi connectivity index (χ1) is 13.4. The molecule has 0 saturated carbocycles. The number of anilines is 1. The third kappa shape index (κ3) is 4.02. The molecule has 0 atom stereocenters. The van der Waals surface area contributed by atoms with Crippen molar-refractivity contribution in [3.8, 4) is 0 Å². The molecule has 3 nitrogen and oxygen atoms in total. The third-order valence-corrected chi connectivity index (χ3v) is 5.65. The van der Waals surface area contributed by atoms with Gasteiger partial charge in [-0.2, -0.15) is 0 Å². The molecule has 4 heteroatoms. The highest BCUT2D eigenvalue weighted by atomic mass is 32.2. The molecule has 0 amide bonds. The molecular formula is C24H23NO2S.